The van der Waals surface area contributed by atoms with Gasteiger partial charge in [-0.05, 0) is 66.9 Å². The molecule has 8 heteroatoms. The van der Waals surface area contributed by atoms with Crippen molar-refractivity contribution in [1.29, 1.82) is 0 Å². The van der Waals surface area contributed by atoms with Gasteiger partial charge in [0, 0.05) is 13.0 Å². The fourth-order valence-electron chi connectivity index (χ4n) is 3.42. The molecule has 0 bridgehead atoms. The van der Waals surface area contributed by atoms with Gasteiger partial charge in [-0.1, -0.05) is 24.3 Å². The maximum absolute atomic E-state index is 13.3. The second-order valence-corrected chi connectivity index (χ2v) is 9.16. The largest absolute Gasteiger partial charge is 0.460 e. The van der Waals surface area contributed by atoms with Crippen LogP contribution in [0.15, 0.2) is 46.9 Å². The number of fused-ring (bicyclic) bond motifs is 1. The molecule has 0 spiro atoms. The zero-order chi connectivity index (χ0) is 22.8. The van der Waals surface area contributed by atoms with Gasteiger partial charge in [0.15, 0.2) is 5.75 Å². The van der Waals surface area contributed by atoms with Crippen molar-refractivity contribution >= 4 is 33.7 Å². The van der Waals surface area contributed by atoms with E-state index in [1.165, 1.54) is 4.90 Å². The van der Waals surface area contributed by atoms with Gasteiger partial charge in [-0.15, -0.1) is 0 Å². The first-order chi connectivity index (χ1) is 14.6. The maximum Gasteiger partial charge on any atom is 0.306 e. The summed E-state index contributed by atoms with van der Waals surface area (Å²) in [4.78, 5) is 38.9. The number of amides is 2. The summed E-state index contributed by atoms with van der Waals surface area (Å²) in [6, 6.07) is 11.8. The number of primary amides is 1. The summed E-state index contributed by atoms with van der Waals surface area (Å²) >= 11 is 3.45. The average molecular weight is 489 g/mol. The Balaban J connectivity index is 1.82. The minimum absolute atomic E-state index is 0.0257. The molecule has 2 aromatic rings. The quantitative estimate of drug-likeness (QED) is 0.589. The zero-order valence-corrected chi connectivity index (χ0v) is 19.3. The second kappa shape index (κ2) is 9.09. The highest BCUT2D eigenvalue weighted by Gasteiger charge is 2.38. The summed E-state index contributed by atoms with van der Waals surface area (Å²) in [6.07, 6.45) is 0.0576. The predicted molar refractivity (Wildman–Crippen MR) is 119 cm³/mol. The number of nitrogens with zero attached hydrogens (tertiary/aromatic N) is 1. The van der Waals surface area contributed by atoms with Crippen molar-refractivity contribution in [1.82, 2.24) is 4.90 Å². The van der Waals surface area contributed by atoms with E-state index in [2.05, 4.69) is 15.9 Å². The van der Waals surface area contributed by atoms with Crippen molar-refractivity contribution < 1.29 is 23.9 Å². The van der Waals surface area contributed by atoms with E-state index in [4.69, 9.17) is 15.2 Å². The number of benzene rings is 2. The lowest BCUT2D eigenvalue weighted by Crippen LogP contribution is -2.45. The van der Waals surface area contributed by atoms with Crippen LogP contribution in [0.4, 0.5) is 0 Å². The van der Waals surface area contributed by atoms with Gasteiger partial charge in [0.05, 0.1) is 10.0 Å². The van der Waals surface area contributed by atoms with Gasteiger partial charge in [0.25, 0.3) is 5.91 Å². The molecule has 0 aromatic heterocycles. The topological polar surface area (TPSA) is 98.9 Å². The molecule has 31 heavy (non-hydrogen) atoms. The van der Waals surface area contributed by atoms with Crippen LogP contribution < -0.4 is 10.5 Å². The lowest BCUT2D eigenvalue weighted by Gasteiger charge is -2.26. The molecule has 1 heterocycles. The van der Waals surface area contributed by atoms with Crippen molar-refractivity contribution in [2.75, 3.05) is 0 Å². The van der Waals surface area contributed by atoms with Gasteiger partial charge in [0.2, 0.25) is 5.91 Å². The van der Waals surface area contributed by atoms with Crippen LogP contribution in [0.2, 0.25) is 0 Å². The Hall–Kier alpha value is -2.87. The second-order valence-electron chi connectivity index (χ2n) is 8.30. The molecule has 1 aliphatic rings. The first-order valence-corrected chi connectivity index (χ1v) is 10.7. The minimum atomic E-state index is -0.934. The molecule has 1 atom stereocenters. The van der Waals surface area contributed by atoms with Gasteiger partial charge >= 0.3 is 5.97 Å². The van der Waals surface area contributed by atoms with Crippen molar-refractivity contribution in [3.63, 3.8) is 0 Å². The SMILES string of the molecule is CC(C)(C)OC(=O)CCC(C(N)=O)N1Cc2ccc(Br)c(Oc3ccccc3)c2C1=O. The lowest BCUT2D eigenvalue weighted by atomic mass is 10.1. The van der Waals surface area contributed by atoms with Crippen molar-refractivity contribution in [2.24, 2.45) is 5.73 Å². The number of hydrogen-bond acceptors (Lipinski definition) is 5. The van der Waals surface area contributed by atoms with Crippen LogP contribution >= 0.6 is 15.9 Å². The summed E-state index contributed by atoms with van der Waals surface area (Å²) in [7, 11) is 0. The fraction of sp³-hybridized carbons (Fsp3) is 0.348. The molecule has 2 amide bonds. The molecule has 0 saturated heterocycles. The summed E-state index contributed by atoms with van der Waals surface area (Å²) in [5.41, 5.74) is 6.06. The zero-order valence-electron chi connectivity index (χ0n) is 17.7. The average Bonchev–Trinajstić information content (AvgIpc) is 3.00. The molecule has 0 fully saturated rings. The Morgan fingerprint density at radius 3 is 2.45 bits per heavy atom. The third-order valence-electron chi connectivity index (χ3n) is 4.72. The number of rotatable bonds is 7. The molecule has 1 aliphatic heterocycles. The van der Waals surface area contributed by atoms with E-state index in [0.29, 0.717) is 21.5 Å². The predicted octanol–water partition coefficient (Wildman–Crippen LogP) is 4.17. The van der Waals surface area contributed by atoms with Crippen molar-refractivity contribution in [3.8, 4) is 11.5 Å². The number of carbonyl (C=O) groups is 3. The van der Waals surface area contributed by atoms with E-state index < -0.39 is 23.5 Å². The van der Waals surface area contributed by atoms with E-state index in [0.717, 1.165) is 5.56 Å². The summed E-state index contributed by atoms with van der Waals surface area (Å²) in [6.45, 7) is 5.50. The molecule has 0 radical (unpaired) electrons. The van der Waals surface area contributed by atoms with Gasteiger partial charge in [-0.2, -0.15) is 0 Å². The molecular formula is C23H25BrN2O5. The minimum Gasteiger partial charge on any atom is -0.460 e. The van der Waals surface area contributed by atoms with Gasteiger partial charge in [-0.25, -0.2) is 0 Å². The van der Waals surface area contributed by atoms with Crippen molar-refractivity contribution in [2.45, 2.75) is 51.8 Å². The molecule has 164 valence electrons. The molecule has 7 nitrogen and oxygen atoms in total. The highest BCUT2D eigenvalue weighted by Crippen LogP contribution is 2.40. The number of carbonyl (C=O) groups excluding carboxylic acids is 3. The Morgan fingerprint density at radius 2 is 1.84 bits per heavy atom. The first kappa shape index (κ1) is 22.8. The number of halogens is 1. The summed E-state index contributed by atoms with van der Waals surface area (Å²) in [5.74, 6) is -0.519. The Labute approximate surface area is 189 Å². The van der Waals surface area contributed by atoms with Crippen LogP contribution in [-0.4, -0.2) is 34.3 Å². The van der Waals surface area contributed by atoms with Crippen LogP contribution in [0.1, 0.15) is 49.5 Å². The first-order valence-electron chi connectivity index (χ1n) is 9.93. The molecule has 0 aliphatic carbocycles. The number of ether oxygens (including phenoxy) is 2. The molecule has 3 rings (SSSR count). The lowest BCUT2D eigenvalue weighted by molar-refractivity contribution is -0.155. The fourth-order valence-corrected chi connectivity index (χ4v) is 3.83. The van der Waals surface area contributed by atoms with Crippen LogP contribution in [0, 0.1) is 0 Å². The Bertz CT molecular complexity index is 1000. The summed E-state index contributed by atoms with van der Waals surface area (Å²) < 4.78 is 11.9. The van der Waals surface area contributed by atoms with Crippen LogP contribution in [0.25, 0.3) is 0 Å². The maximum atomic E-state index is 13.3. The number of nitrogens with two attached hydrogens (primary N) is 1. The molecule has 0 saturated carbocycles. The number of hydrogen-bond donors (Lipinski definition) is 1. The third kappa shape index (κ3) is 5.44. The highest BCUT2D eigenvalue weighted by atomic mass is 79.9. The smallest absolute Gasteiger partial charge is 0.306 e. The van der Waals surface area contributed by atoms with E-state index in [-0.39, 0.29) is 25.3 Å². The van der Waals surface area contributed by atoms with Gasteiger partial charge < -0.3 is 20.1 Å². The monoisotopic (exact) mass is 488 g/mol. The number of para-hydroxylation sites is 1. The van der Waals surface area contributed by atoms with Crippen LogP contribution in [0.3, 0.4) is 0 Å². The molecule has 1 unspecified atom stereocenters. The van der Waals surface area contributed by atoms with Crippen molar-refractivity contribution in [3.05, 3.63) is 58.1 Å². The molecule has 2 N–H and O–H groups in total. The van der Waals surface area contributed by atoms with Crippen LogP contribution in [-0.2, 0) is 20.9 Å². The van der Waals surface area contributed by atoms with E-state index in [9.17, 15) is 14.4 Å². The summed E-state index contributed by atoms with van der Waals surface area (Å²) in [5, 5.41) is 0. The standard InChI is InChI=1S/C23H25BrN2O5/c1-23(2,3)31-18(27)12-11-17(21(25)28)26-13-14-9-10-16(24)20(19(14)22(26)29)30-15-7-5-4-6-8-15/h4-10,17H,11-13H2,1-3H3,(H2,25,28). The molecule has 2 aromatic carbocycles. The van der Waals surface area contributed by atoms with Crippen LogP contribution in [0.5, 0.6) is 11.5 Å². The van der Waals surface area contributed by atoms with E-state index >= 15 is 0 Å². The van der Waals surface area contributed by atoms with Gasteiger partial charge in [-0.3, -0.25) is 14.4 Å². The third-order valence-corrected chi connectivity index (χ3v) is 5.35. The Morgan fingerprint density at radius 1 is 1.16 bits per heavy atom. The number of esters is 1. The Kier molecular flexibility index (Phi) is 6.69. The van der Waals surface area contributed by atoms with E-state index in [1.54, 1.807) is 45.0 Å². The van der Waals surface area contributed by atoms with Gasteiger partial charge in [0.1, 0.15) is 17.4 Å². The molecular weight excluding hydrogens is 464 g/mol. The highest BCUT2D eigenvalue weighted by molar-refractivity contribution is 9.10. The van der Waals surface area contributed by atoms with E-state index in [1.807, 2.05) is 18.2 Å². The normalized spacial score (nSPS) is 14.2.